The summed E-state index contributed by atoms with van der Waals surface area (Å²) >= 11 is 5.95. The zero-order valence-electron chi connectivity index (χ0n) is 11.9. The Morgan fingerprint density at radius 3 is 2.70 bits per heavy atom. The Morgan fingerprint density at radius 1 is 1.30 bits per heavy atom. The van der Waals surface area contributed by atoms with Crippen molar-refractivity contribution in [2.75, 3.05) is 6.54 Å². The highest BCUT2D eigenvalue weighted by Crippen LogP contribution is 2.36. The minimum atomic E-state index is 0.428. The Kier molecular flexibility index (Phi) is 3.81. The maximum absolute atomic E-state index is 5.95. The van der Waals surface area contributed by atoms with Gasteiger partial charge >= 0.3 is 0 Å². The van der Waals surface area contributed by atoms with Gasteiger partial charge in [-0.3, -0.25) is 4.90 Å². The third-order valence-corrected chi connectivity index (χ3v) is 4.34. The number of hydrogen-bond acceptors (Lipinski definition) is 3. The lowest BCUT2D eigenvalue weighted by Crippen LogP contribution is -2.23. The lowest BCUT2D eigenvalue weighted by atomic mass is 10.0. The molecule has 3 nitrogen and oxygen atoms in total. The number of hydrogen-bond donors (Lipinski definition) is 0. The first-order valence-electron chi connectivity index (χ1n) is 7.06. The number of likely N-dealkylation sites (tertiary alicyclic amines) is 1. The smallest absolute Gasteiger partial charge is 0.138 e. The standard InChI is InChI=1S/C16H19ClN2O/c1-11-16(12(2)20-18-11)15-4-3-9-19(15)10-13-5-7-14(17)8-6-13/h5-8,15H,3-4,9-10H2,1-2H3/t15-/m0/s1. The molecule has 1 aliphatic heterocycles. The van der Waals surface area contributed by atoms with Gasteiger partial charge in [-0.25, -0.2) is 0 Å². The molecule has 1 atom stereocenters. The molecule has 2 aromatic rings. The van der Waals surface area contributed by atoms with E-state index in [4.69, 9.17) is 16.1 Å². The second-order valence-corrected chi connectivity index (χ2v) is 5.93. The monoisotopic (exact) mass is 290 g/mol. The van der Waals surface area contributed by atoms with Crippen LogP contribution in [-0.2, 0) is 6.54 Å². The SMILES string of the molecule is Cc1noc(C)c1[C@@H]1CCCN1Cc1ccc(Cl)cc1. The van der Waals surface area contributed by atoms with Crippen molar-refractivity contribution in [1.82, 2.24) is 10.1 Å². The summed E-state index contributed by atoms with van der Waals surface area (Å²) in [4.78, 5) is 2.51. The van der Waals surface area contributed by atoms with Crippen molar-refractivity contribution in [1.29, 1.82) is 0 Å². The molecule has 1 aromatic heterocycles. The fraction of sp³-hybridized carbons (Fsp3) is 0.438. The molecule has 0 aliphatic carbocycles. The van der Waals surface area contributed by atoms with Crippen molar-refractivity contribution < 1.29 is 4.52 Å². The number of halogens is 1. The molecule has 0 spiro atoms. The van der Waals surface area contributed by atoms with Gasteiger partial charge in [0.05, 0.1) is 5.69 Å². The molecule has 4 heteroatoms. The van der Waals surface area contributed by atoms with E-state index in [0.717, 1.165) is 29.6 Å². The van der Waals surface area contributed by atoms with Crippen LogP contribution in [-0.4, -0.2) is 16.6 Å². The van der Waals surface area contributed by atoms with Crippen molar-refractivity contribution in [3.8, 4) is 0 Å². The lowest BCUT2D eigenvalue weighted by Gasteiger charge is -2.24. The molecule has 0 radical (unpaired) electrons. The fourth-order valence-electron chi connectivity index (χ4n) is 3.13. The van der Waals surface area contributed by atoms with Gasteiger partial charge in [0.2, 0.25) is 0 Å². The van der Waals surface area contributed by atoms with Crippen molar-refractivity contribution in [2.45, 2.75) is 39.3 Å². The zero-order chi connectivity index (χ0) is 14.1. The summed E-state index contributed by atoms with van der Waals surface area (Å²) in [6, 6.07) is 8.54. The molecule has 0 N–H and O–H groups in total. The zero-order valence-corrected chi connectivity index (χ0v) is 12.7. The average molecular weight is 291 g/mol. The molecule has 20 heavy (non-hydrogen) atoms. The number of aryl methyl sites for hydroxylation is 2. The van der Waals surface area contributed by atoms with E-state index < -0.39 is 0 Å². The van der Waals surface area contributed by atoms with Gasteiger partial charge in [-0.15, -0.1) is 0 Å². The molecule has 3 rings (SSSR count). The summed E-state index contributed by atoms with van der Waals surface area (Å²) in [6.45, 7) is 6.11. The van der Waals surface area contributed by atoms with E-state index in [1.165, 1.54) is 24.0 Å². The average Bonchev–Trinajstić information content (AvgIpc) is 2.99. The Morgan fingerprint density at radius 2 is 2.05 bits per heavy atom. The summed E-state index contributed by atoms with van der Waals surface area (Å²) in [6.07, 6.45) is 2.40. The fourth-order valence-corrected chi connectivity index (χ4v) is 3.26. The molecule has 1 aromatic carbocycles. The Hall–Kier alpha value is -1.32. The van der Waals surface area contributed by atoms with Gasteiger partial charge in [0.1, 0.15) is 5.76 Å². The molecule has 0 saturated carbocycles. The topological polar surface area (TPSA) is 29.3 Å². The van der Waals surface area contributed by atoms with Gasteiger partial charge in [0.25, 0.3) is 0 Å². The molecule has 106 valence electrons. The number of aromatic nitrogens is 1. The van der Waals surface area contributed by atoms with Crippen molar-refractivity contribution in [3.63, 3.8) is 0 Å². The molecule has 1 aliphatic rings. The minimum Gasteiger partial charge on any atom is -0.361 e. The first kappa shape index (κ1) is 13.7. The van der Waals surface area contributed by atoms with E-state index >= 15 is 0 Å². The van der Waals surface area contributed by atoms with E-state index in [-0.39, 0.29) is 0 Å². The summed E-state index contributed by atoms with van der Waals surface area (Å²) < 4.78 is 5.33. The summed E-state index contributed by atoms with van der Waals surface area (Å²) in [5, 5.41) is 4.88. The molecule has 0 bridgehead atoms. The quantitative estimate of drug-likeness (QED) is 0.845. The van der Waals surface area contributed by atoms with Crippen molar-refractivity contribution in [3.05, 3.63) is 51.9 Å². The van der Waals surface area contributed by atoms with Crippen LogP contribution in [0.25, 0.3) is 0 Å². The maximum atomic E-state index is 5.95. The molecule has 1 fully saturated rings. The van der Waals surface area contributed by atoms with Gasteiger partial charge in [-0.2, -0.15) is 0 Å². The first-order valence-corrected chi connectivity index (χ1v) is 7.44. The number of benzene rings is 1. The normalized spacial score (nSPS) is 19.6. The second-order valence-electron chi connectivity index (χ2n) is 5.49. The van der Waals surface area contributed by atoms with Crippen LogP contribution >= 0.6 is 11.6 Å². The molecular weight excluding hydrogens is 272 g/mol. The predicted molar refractivity (Wildman–Crippen MR) is 79.8 cm³/mol. The highest BCUT2D eigenvalue weighted by atomic mass is 35.5. The lowest BCUT2D eigenvalue weighted by molar-refractivity contribution is 0.245. The first-order chi connectivity index (χ1) is 9.65. The maximum Gasteiger partial charge on any atom is 0.138 e. The van der Waals surface area contributed by atoms with Crippen molar-refractivity contribution in [2.24, 2.45) is 0 Å². The summed E-state index contributed by atoms with van der Waals surface area (Å²) in [7, 11) is 0. The molecule has 1 saturated heterocycles. The number of rotatable bonds is 3. The van der Waals surface area contributed by atoms with Crippen LogP contribution < -0.4 is 0 Å². The van der Waals surface area contributed by atoms with E-state index in [2.05, 4.69) is 22.2 Å². The summed E-state index contributed by atoms with van der Waals surface area (Å²) in [5.74, 6) is 0.954. The third-order valence-electron chi connectivity index (χ3n) is 4.08. The van der Waals surface area contributed by atoms with Gasteiger partial charge in [-0.1, -0.05) is 28.9 Å². The molecule has 0 unspecified atom stereocenters. The van der Waals surface area contributed by atoms with Crippen LogP contribution in [0.15, 0.2) is 28.8 Å². The second kappa shape index (κ2) is 5.58. The van der Waals surface area contributed by atoms with E-state index in [9.17, 15) is 0 Å². The van der Waals surface area contributed by atoms with Gasteiger partial charge < -0.3 is 4.52 Å². The Labute approximate surface area is 124 Å². The Balaban J connectivity index is 1.81. The molecular formula is C16H19ClN2O. The largest absolute Gasteiger partial charge is 0.361 e. The highest BCUT2D eigenvalue weighted by Gasteiger charge is 2.30. The summed E-state index contributed by atoms with van der Waals surface area (Å²) in [5.41, 5.74) is 3.60. The van der Waals surface area contributed by atoms with Gasteiger partial charge in [0, 0.05) is 23.2 Å². The van der Waals surface area contributed by atoms with Crippen LogP contribution in [0, 0.1) is 13.8 Å². The van der Waals surface area contributed by atoms with Crippen LogP contribution in [0.1, 0.15) is 41.5 Å². The van der Waals surface area contributed by atoms with Crippen LogP contribution in [0.2, 0.25) is 5.02 Å². The molecule has 0 amide bonds. The van der Waals surface area contributed by atoms with E-state index in [0.29, 0.717) is 6.04 Å². The third kappa shape index (κ3) is 2.60. The predicted octanol–water partition coefficient (Wildman–Crippen LogP) is 4.28. The van der Waals surface area contributed by atoms with E-state index in [1.807, 2.05) is 26.0 Å². The number of nitrogens with zero attached hydrogens (tertiary/aromatic N) is 2. The van der Waals surface area contributed by atoms with Gasteiger partial charge in [0.15, 0.2) is 0 Å². The highest BCUT2D eigenvalue weighted by molar-refractivity contribution is 6.30. The van der Waals surface area contributed by atoms with Gasteiger partial charge in [-0.05, 0) is 50.9 Å². The molecule has 2 heterocycles. The van der Waals surface area contributed by atoms with Crippen LogP contribution in [0.4, 0.5) is 0 Å². The van der Waals surface area contributed by atoms with Crippen molar-refractivity contribution >= 4 is 11.6 Å². The van der Waals surface area contributed by atoms with Crippen LogP contribution in [0.5, 0.6) is 0 Å². The van der Waals surface area contributed by atoms with E-state index in [1.54, 1.807) is 0 Å². The minimum absolute atomic E-state index is 0.428. The van der Waals surface area contributed by atoms with Crippen LogP contribution in [0.3, 0.4) is 0 Å². The Bertz CT molecular complexity index is 572.